The highest BCUT2D eigenvalue weighted by molar-refractivity contribution is 8.19. The van der Waals surface area contributed by atoms with Crippen LogP contribution in [0.4, 0.5) is 5.69 Å². The Morgan fingerprint density at radius 3 is 2.48 bits per heavy atom. The lowest BCUT2D eigenvalue weighted by Gasteiger charge is -2.16. The van der Waals surface area contributed by atoms with Crippen LogP contribution in [-0.4, -0.2) is 25.3 Å². The van der Waals surface area contributed by atoms with Gasteiger partial charge in [0, 0.05) is 0 Å². The van der Waals surface area contributed by atoms with E-state index in [1.165, 1.54) is 4.90 Å². The standard InChI is InChI=1S/C19H18N2O3S/c1-12-6-4-5-7-14(12)21-18(22)17(25-19(21)20)11-13-8-9-15(23-2)16(10-13)24-3/h4-11,20H,1-3H3/b17-11-,20-19?. The second kappa shape index (κ2) is 7.03. The normalized spacial score (nSPS) is 15.8. The van der Waals surface area contributed by atoms with E-state index in [4.69, 9.17) is 14.9 Å². The van der Waals surface area contributed by atoms with Gasteiger partial charge in [0.15, 0.2) is 16.7 Å². The molecule has 3 rings (SSSR count). The number of carbonyl (C=O) groups is 1. The average molecular weight is 354 g/mol. The molecule has 1 aliphatic rings. The molecule has 0 unspecified atom stereocenters. The smallest absolute Gasteiger partial charge is 0.271 e. The third-order valence-corrected chi connectivity index (χ3v) is 4.77. The Bertz CT molecular complexity index is 877. The summed E-state index contributed by atoms with van der Waals surface area (Å²) in [7, 11) is 3.15. The SMILES string of the molecule is COc1ccc(/C=C2\SC(=N)N(c3ccccc3C)C2=O)cc1OC. The number of benzene rings is 2. The first-order valence-electron chi connectivity index (χ1n) is 7.65. The summed E-state index contributed by atoms with van der Waals surface area (Å²) < 4.78 is 10.5. The van der Waals surface area contributed by atoms with Gasteiger partial charge in [-0.05, 0) is 54.1 Å². The van der Waals surface area contributed by atoms with Crippen molar-refractivity contribution in [3.05, 3.63) is 58.5 Å². The predicted octanol–water partition coefficient (Wildman–Crippen LogP) is 4.07. The summed E-state index contributed by atoms with van der Waals surface area (Å²) in [5.41, 5.74) is 2.50. The molecule has 1 N–H and O–H groups in total. The zero-order valence-corrected chi connectivity index (χ0v) is 15.0. The Hall–Kier alpha value is -2.73. The van der Waals surface area contributed by atoms with E-state index in [2.05, 4.69) is 0 Å². The first-order chi connectivity index (χ1) is 12.0. The van der Waals surface area contributed by atoms with Crippen LogP contribution in [0, 0.1) is 12.3 Å². The van der Waals surface area contributed by atoms with Crippen molar-refractivity contribution in [2.24, 2.45) is 0 Å². The van der Waals surface area contributed by atoms with Crippen LogP contribution in [0.5, 0.6) is 11.5 Å². The molecule has 2 aromatic carbocycles. The van der Waals surface area contributed by atoms with Crippen molar-refractivity contribution >= 4 is 34.6 Å². The fraction of sp³-hybridized carbons (Fsp3) is 0.158. The molecule has 0 aromatic heterocycles. The van der Waals surface area contributed by atoms with Crippen LogP contribution in [0.2, 0.25) is 0 Å². The number of amides is 1. The Kier molecular flexibility index (Phi) is 4.81. The van der Waals surface area contributed by atoms with Gasteiger partial charge in [-0.2, -0.15) is 0 Å². The minimum Gasteiger partial charge on any atom is -0.493 e. The van der Waals surface area contributed by atoms with Crippen molar-refractivity contribution < 1.29 is 14.3 Å². The van der Waals surface area contributed by atoms with Gasteiger partial charge in [-0.15, -0.1) is 0 Å². The second-order valence-electron chi connectivity index (χ2n) is 5.46. The van der Waals surface area contributed by atoms with E-state index in [1.807, 2.05) is 37.3 Å². The van der Waals surface area contributed by atoms with Gasteiger partial charge in [0.2, 0.25) is 0 Å². The van der Waals surface area contributed by atoms with E-state index in [-0.39, 0.29) is 11.1 Å². The van der Waals surface area contributed by atoms with Crippen LogP contribution < -0.4 is 14.4 Å². The van der Waals surface area contributed by atoms with E-state index in [0.717, 1.165) is 28.6 Å². The number of ether oxygens (including phenoxy) is 2. The summed E-state index contributed by atoms with van der Waals surface area (Å²) in [6.45, 7) is 1.93. The molecular weight excluding hydrogens is 336 g/mol. The number of nitrogens with zero attached hydrogens (tertiary/aromatic N) is 1. The number of thioether (sulfide) groups is 1. The van der Waals surface area contributed by atoms with Crippen molar-refractivity contribution in [3.63, 3.8) is 0 Å². The van der Waals surface area contributed by atoms with Gasteiger partial charge in [0.25, 0.3) is 5.91 Å². The van der Waals surface area contributed by atoms with Crippen LogP contribution in [0.3, 0.4) is 0 Å². The van der Waals surface area contributed by atoms with Gasteiger partial charge in [-0.3, -0.25) is 15.1 Å². The lowest BCUT2D eigenvalue weighted by molar-refractivity contribution is -0.113. The predicted molar refractivity (Wildman–Crippen MR) is 102 cm³/mol. The molecule has 0 radical (unpaired) electrons. The van der Waals surface area contributed by atoms with E-state index >= 15 is 0 Å². The monoisotopic (exact) mass is 354 g/mol. The van der Waals surface area contributed by atoms with Crippen LogP contribution in [0.15, 0.2) is 47.4 Å². The van der Waals surface area contributed by atoms with E-state index in [0.29, 0.717) is 16.4 Å². The van der Waals surface area contributed by atoms with Crippen LogP contribution in [0.1, 0.15) is 11.1 Å². The van der Waals surface area contributed by atoms with Crippen LogP contribution >= 0.6 is 11.8 Å². The fourth-order valence-electron chi connectivity index (χ4n) is 2.61. The number of methoxy groups -OCH3 is 2. The number of carbonyl (C=O) groups excluding carboxylic acids is 1. The molecule has 1 fully saturated rings. The molecule has 128 valence electrons. The molecule has 0 saturated carbocycles. The fourth-order valence-corrected chi connectivity index (χ4v) is 3.47. The summed E-state index contributed by atoms with van der Waals surface area (Å²) in [5, 5.41) is 8.39. The highest BCUT2D eigenvalue weighted by Gasteiger charge is 2.34. The summed E-state index contributed by atoms with van der Waals surface area (Å²) in [6.07, 6.45) is 1.77. The Labute approximate surface area is 150 Å². The van der Waals surface area contributed by atoms with E-state index < -0.39 is 0 Å². The molecule has 0 bridgehead atoms. The maximum Gasteiger partial charge on any atom is 0.271 e. The molecule has 1 saturated heterocycles. The molecule has 6 heteroatoms. The maximum atomic E-state index is 12.8. The lowest BCUT2D eigenvalue weighted by atomic mass is 10.1. The Morgan fingerprint density at radius 1 is 1.08 bits per heavy atom. The van der Waals surface area contributed by atoms with Crippen molar-refractivity contribution in [2.45, 2.75) is 6.92 Å². The van der Waals surface area contributed by atoms with Crippen molar-refractivity contribution in [1.82, 2.24) is 0 Å². The van der Waals surface area contributed by atoms with Gasteiger partial charge in [-0.25, -0.2) is 0 Å². The molecular formula is C19H18N2O3S. The number of hydrogen-bond donors (Lipinski definition) is 1. The lowest BCUT2D eigenvalue weighted by Crippen LogP contribution is -2.28. The first-order valence-corrected chi connectivity index (χ1v) is 8.47. The van der Waals surface area contributed by atoms with E-state index in [1.54, 1.807) is 32.4 Å². The highest BCUT2D eigenvalue weighted by Crippen LogP contribution is 2.37. The van der Waals surface area contributed by atoms with E-state index in [9.17, 15) is 4.79 Å². The zero-order valence-electron chi connectivity index (χ0n) is 14.2. The summed E-state index contributed by atoms with van der Waals surface area (Å²) in [4.78, 5) is 14.7. The number of aryl methyl sites for hydroxylation is 1. The minimum atomic E-state index is -0.195. The first kappa shape index (κ1) is 17.1. The average Bonchev–Trinajstić information content (AvgIpc) is 2.89. The number of hydrogen-bond acceptors (Lipinski definition) is 5. The Morgan fingerprint density at radius 2 is 1.80 bits per heavy atom. The topological polar surface area (TPSA) is 62.6 Å². The minimum absolute atomic E-state index is 0.195. The van der Waals surface area contributed by atoms with Crippen LogP contribution in [-0.2, 0) is 4.79 Å². The largest absolute Gasteiger partial charge is 0.493 e. The molecule has 1 amide bonds. The third-order valence-electron chi connectivity index (χ3n) is 3.89. The van der Waals surface area contributed by atoms with Crippen molar-refractivity contribution in [3.8, 4) is 11.5 Å². The number of amidine groups is 1. The molecule has 0 aliphatic carbocycles. The van der Waals surface area contributed by atoms with Gasteiger partial charge in [0.1, 0.15) is 0 Å². The quantitative estimate of drug-likeness (QED) is 0.841. The number of rotatable bonds is 4. The molecule has 25 heavy (non-hydrogen) atoms. The molecule has 0 spiro atoms. The third kappa shape index (κ3) is 3.25. The summed E-state index contributed by atoms with van der Waals surface area (Å²) >= 11 is 1.15. The molecule has 1 aliphatic heterocycles. The highest BCUT2D eigenvalue weighted by atomic mass is 32.2. The van der Waals surface area contributed by atoms with Crippen molar-refractivity contribution in [2.75, 3.05) is 19.1 Å². The van der Waals surface area contributed by atoms with Gasteiger partial charge >= 0.3 is 0 Å². The summed E-state index contributed by atoms with van der Waals surface area (Å²) in [5.74, 6) is 1.03. The number of nitrogens with one attached hydrogen (secondary N) is 1. The number of para-hydroxylation sites is 1. The zero-order chi connectivity index (χ0) is 18.0. The van der Waals surface area contributed by atoms with Gasteiger partial charge < -0.3 is 9.47 Å². The molecule has 0 atom stereocenters. The van der Waals surface area contributed by atoms with Gasteiger partial charge in [-0.1, -0.05) is 24.3 Å². The molecule has 1 heterocycles. The molecule has 5 nitrogen and oxygen atoms in total. The maximum absolute atomic E-state index is 12.8. The second-order valence-corrected chi connectivity index (χ2v) is 6.49. The Balaban J connectivity index is 1.95. The van der Waals surface area contributed by atoms with Crippen molar-refractivity contribution in [1.29, 1.82) is 5.41 Å². The number of anilines is 1. The van der Waals surface area contributed by atoms with Crippen LogP contribution in [0.25, 0.3) is 6.08 Å². The summed E-state index contributed by atoms with van der Waals surface area (Å²) in [6, 6.07) is 13.0. The van der Waals surface area contributed by atoms with Gasteiger partial charge in [0.05, 0.1) is 24.8 Å². The molecule has 2 aromatic rings.